The maximum absolute atomic E-state index is 13.6. The normalized spacial score (nSPS) is 15.2. The summed E-state index contributed by atoms with van der Waals surface area (Å²) in [6, 6.07) is 11.9. The molecule has 2 aromatic carbocycles. The summed E-state index contributed by atoms with van der Waals surface area (Å²) in [6.07, 6.45) is 1.84. The second-order valence-corrected chi connectivity index (χ2v) is 5.91. The molecule has 0 amide bonds. The van der Waals surface area contributed by atoms with Crippen LogP contribution in [0.5, 0.6) is 0 Å². The van der Waals surface area contributed by atoms with Gasteiger partial charge in [0.2, 0.25) is 0 Å². The average molecular weight is 329 g/mol. The quantitative estimate of drug-likeness (QED) is 0.832. The van der Waals surface area contributed by atoms with Gasteiger partial charge in [0.25, 0.3) is 0 Å². The molecule has 1 aliphatic rings. The van der Waals surface area contributed by atoms with Gasteiger partial charge in [-0.25, -0.2) is 4.39 Å². The maximum atomic E-state index is 13.6. The molecular weight excluding hydrogens is 315 g/mol. The molecule has 116 valence electrons. The van der Waals surface area contributed by atoms with E-state index in [0.29, 0.717) is 16.2 Å². The zero-order chi connectivity index (χ0) is 16.6. The highest BCUT2D eigenvalue weighted by Crippen LogP contribution is 2.43. The van der Waals surface area contributed by atoms with Crippen LogP contribution in [0.4, 0.5) is 4.39 Å². The largest absolute Gasteiger partial charge is 0.481 e. The summed E-state index contributed by atoms with van der Waals surface area (Å²) in [4.78, 5) is 11.1. The van der Waals surface area contributed by atoms with E-state index in [-0.39, 0.29) is 12.2 Å². The highest BCUT2D eigenvalue weighted by atomic mass is 35.5. The molecule has 0 spiro atoms. The third-order valence-corrected chi connectivity index (χ3v) is 4.21. The summed E-state index contributed by atoms with van der Waals surface area (Å²) in [7, 11) is 0. The first-order chi connectivity index (χ1) is 11.0. The maximum Gasteiger partial charge on any atom is 0.307 e. The fraction of sp³-hybridized carbons (Fsp3) is 0.105. The Morgan fingerprint density at radius 2 is 1.87 bits per heavy atom. The van der Waals surface area contributed by atoms with Crippen LogP contribution < -0.4 is 0 Å². The monoisotopic (exact) mass is 328 g/mol. The van der Waals surface area contributed by atoms with Crippen molar-refractivity contribution in [3.8, 4) is 0 Å². The van der Waals surface area contributed by atoms with Crippen molar-refractivity contribution in [2.45, 2.75) is 13.3 Å². The molecule has 1 N–H and O–H groups in total. The van der Waals surface area contributed by atoms with Gasteiger partial charge in [0.1, 0.15) is 5.82 Å². The van der Waals surface area contributed by atoms with E-state index in [1.165, 1.54) is 12.1 Å². The van der Waals surface area contributed by atoms with E-state index in [9.17, 15) is 9.18 Å². The van der Waals surface area contributed by atoms with Crippen LogP contribution >= 0.6 is 11.6 Å². The van der Waals surface area contributed by atoms with Gasteiger partial charge in [-0.3, -0.25) is 4.79 Å². The lowest BCUT2D eigenvalue weighted by molar-refractivity contribution is -0.135. The number of fused-ring (bicyclic) bond motifs is 1. The fourth-order valence-electron chi connectivity index (χ4n) is 2.86. The molecule has 0 bridgehead atoms. The number of carboxylic acid groups (broad SMARTS) is 1. The number of hydrogen-bond donors (Lipinski definition) is 1. The van der Waals surface area contributed by atoms with Gasteiger partial charge in [-0.2, -0.15) is 0 Å². The highest BCUT2D eigenvalue weighted by Gasteiger charge is 2.25. The summed E-state index contributed by atoms with van der Waals surface area (Å²) < 4.78 is 13.6. The van der Waals surface area contributed by atoms with Gasteiger partial charge >= 0.3 is 5.97 Å². The standard InChI is InChI=1S/C19H14ClFO2/c1-11-16(8-12-2-4-13(20)5-3-12)15-7-6-14(21)9-18(15)17(11)10-19(22)23/h2-9H,10H2,1H3,(H,22,23)/b16-8-. The van der Waals surface area contributed by atoms with Gasteiger partial charge in [0, 0.05) is 5.02 Å². The lowest BCUT2D eigenvalue weighted by atomic mass is 10.0. The Hall–Kier alpha value is -2.39. The van der Waals surface area contributed by atoms with Crippen molar-refractivity contribution in [1.82, 2.24) is 0 Å². The van der Waals surface area contributed by atoms with Crippen LogP contribution in [0.15, 0.2) is 48.0 Å². The van der Waals surface area contributed by atoms with Crippen molar-refractivity contribution in [2.24, 2.45) is 0 Å². The molecule has 3 rings (SSSR count). The van der Waals surface area contributed by atoms with Gasteiger partial charge in [0.05, 0.1) is 6.42 Å². The van der Waals surface area contributed by atoms with Gasteiger partial charge in [-0.15, -0.1) is 0 Å². The minimum Gasteiger partial charge on any atom is -0.481 e. The molecule has 1 aliphatic carbocycles. The third kappa shape index (κ3) is 3.06. The Bertz CT molecular complexity index is 848. The number of rotatable bonds is 3. The first-order valence-corrected chi connectivity index (χ1v) is 7.53. The molecule has 0 heterocycles. The van der Waals surface area contributed by atoms with Crippen LogP contribution in [0.2, 0.25) is 5.02 Å². The van der Waals surface area contributed by atoms with Gasteiger partial charge in [0.15, 0.2) is 0 Å². The molecule has 0 saturated heterocycles. The summed E-state index contributed by atoms with van der Waals surface area (Å²) >= 11 is 5.90. The van der Waals surface area contributed by atoms with E-state index in [2.05, 4.69) is 0 Å². The first kappa shape index (κ1) is 15.5. The Labute approximate surface area is 138 Å². The molecular formula is C19H14ClFO2. The van der Waals surface area contributed by atoms with Crippen molar-refractivity contribution >= 4 is 34.8 Å². The molecule has 2 nitrogen and oxygen atoms in total. The van der Waals surface area contributed by atoms with Gasteiger partial charge in [-0.1, -0.05) is 29.8 Å². The summed E-state index contributed by atoms with van der Waals surface area (Å²) in [6.45, 7) is 1.87. The Morgan fingerprint density at radius 3 is 2.52 bits per heavy atom. The lowest BCUT2D eigenvalue weighted by Gasteiger charge is -2.04. The molecule has 23 heavy (non-hydrogen) atoms. The van der Waals surface area contributed by atoms with Crippen LogP contribution in [0.3, 0.4) is 0 Å². The molecule has 0 radical (unpaired) electrons. The van der Waals surface area contributed by atoms with E-state index in [1.807, 2.05) is 25.1 Å². The minimum atomic E-state index is -0.928. The topological polar surface area (TPSA) is 37.3 Å². The highest BCUT2D eigenvalue weighted by molar-refractivity contribution is 6.30. The number of allylic oxidation sites excluding steroid dienone is 2. The van der Waals surface area contributed by atoms with E-state index in [0.717, 1.165) is 22.3 Å². The predicted octanol–water partition coefficient (Wildman–Crippen LogP) is 5.28. The smallest absolute Gasteiger partial charge is 0.307 e. The third-order valence-electron chi connectivity index (χ3n) is 3.96. The molecule has 0 saturated carbocycles. The second kappa shape index (κ2) is 6.01. The zero-order valence-electron chi connectivity index (χ0n) is 12.4. The SMILES string of the molecule is CC1=C(CC(=O)O)c2cc(F)ccc2/C1=C\c1ccc(Cl)cc1. The lowest BCUT2D eigenvalue weighted by Crippen LogP contribution is -1.97. The second-order valence-electron chi connectivity index (χ2n) is 5.47. The predicted molar refractivity (Wildman–Crippen MR) is 90.6 cm³/mol. The number of benzene rings is 2. The van der Waals surface area contributed by atoms with E-state index in [4.69, 9.17) is 16.7 Å². The fourth-order valence-corrected chi connectivity index (χ4v) is 2.98. The number of hydrogen-bond acceptors (Lipinski definition) is 1. The molecule has 4 heteroatoms. The minimum absolute atomic E-state index is 0.125. The van der Waals surface area contributed by atoms with Gasteiger partial charge < -0.3 is 5.11 Å². The van der Waals surface area contributed by atoms with E-state index in [1.54, 1.807) is 18.2 Å². The molecule has 0 fully saturated rings. The Kier molecular flexibility index (Phi) is 4.05. The van der Waals surface area contributed by atoms with Crippen molar-refractivity contribution in [1.29, 1.82) is 0 Å². The molecule has 0 aromatic heterocycles. The average Bonchev–Trinajstić information content (AvgIpc) is 2.74. The van der Waals surface area contributed by atoms with Crippen molar-refractivity contribution in [3.05, 3.63) is 75.6 Å². The zero-order valence-corrected chi connectivity index (χ0v) is 13.2. The molecule has 0 aliphatic heterocycles. The molecule has 2 aromatic rings. The van der Waals surface area contributed by atoms with Crippen LogP contribution in [0.25, 0.3) is 17.2 Å². The number of carbonyl (C=O) groups is 1. The number of carboxylic acids is 1. The van der Waals surface area contributed by atoms with Crippen LogP contribution in [0.1, 0.15) is 30.0 Å². The van der Waals surface area contributed by atoms with Crippen molar-refractivity contribution < 1.29 is 14.3 Å². The van der Waals surface area contributed by atoms with Crippen molar-refractivity contribution in [2.75, 3.05) is 0 Å². The van der Waals surface area contributed by atoms with Gasteiger partial charge in [-0.05, 0) is 70.7 Å². The Morgan fingerprint density at radius 1 is 1.17 bits per heavy atom. The van der Waals surface area contributed by atoms with Crippen molar-refractivity contribution in [3.63, 3.8) is 0 Å². The van der Waals surface area contributed by atoms with Crippen LogP contribution in [-0.2, 0) is 4.79 Å². The number of aliphatic carboxylic acids is 1. The summed E-state index contributed by atoms with van der Waals surface area (Å²) in [5.41, 5.74) is 4.91. The first-order valence-electron chi connectivity index (χ1n) is 7.15. The van der Waals surface area contributed by atoms with E-state index < -0.39 is 5.97 Å². The number of halogens is 2. The molecule has 0 atom stereocenters. The van der Waals surface area contributed by atoms with Crippen LogP contribution in [-0.4, -0.2) is 11.1 Å². The molecule has 0 unspecified atom stereocenters. The summed E-state index contributed by atoms with van der Waals surface area (Å²) in [5, 5.41) is 9.78. The summed E-state index contributed by atoms with van der Waals surface area (Å²) in [5.74, 6) is -1.30. The van der Waals surface area contributed by atoms with Crippen LogP contribution in [0, 0.1) is 5.82 Å². The Balaban J connectivity index is 2.15. The van der Waals surface area contributed by atoms with E-state index >= 15 is 0 Å².